The van der Waals surface area contributed by atoms with Crippen molar-refractivity contribution in [2.45, 2.75) is 30.8 Å². The summed E-state index contributed by atoms with van der Waals surface area (Å²) in [6, 6.07) is 16.8. The van der Waals surface area contributed by atoms with Crippen LogP contribution in [0.4, 0.5) is 0 Å². The van der Waals surface area contributed by atoms with E-state index < -0.39 is 0 Å². The molecule has 5 rings (SSSR count). The Hall–Kier alpha value is -3.10. The van der Waals surface area contributed by atoms with Gasteiger partial charge in [-0.25, -0.2) is 0 Å². The SMILES string of the molecule is O=C(c1ccccc1)N1CC(=O)N2[C@@H](CO)[C@@H](c3ccc(C#CC4CC4)cc3)[C@@H]2C1. The van der Waals surface area contributed by atoms with Gasteiger partial charge >= 0.3 is 0 Å². The molecular formula is C25H24N2O3. The van der Waals surface area contributed by atoms with Crippen LogP contribution < -0.4 is 0 Å². The Kier molecular flexibility index (Phi) is 4.80. The van der Waals surface area contributed by atoms with Crippen LogP contribution in [-0.4, -0.2) is 58.5 Å². The van der Waals surface area contributed by atoms with Crippen LogP contribution in [-0.2, 0) is 4.79 Å². The van der Waals surface area contributed by atoms with Crippen molar-refractivity contribution >= 4 is 11.8 Å². The summed E-state index contributed by atoms with van der Waals surface area (Å²) in [6.45, 7) is 0.454. The van der Waals surface area contributed by atoms with Gasteiger partial charge in [-0.15, -0.1) is 0 Å². The summed E-state index contributed by atoms with van der Waals surface area (Å²) >= 11 is 0. The summed E-state index contributed by atoms with van der Waals surface area (Å²) < 4.78 is 0. The van der Waals surface area contributed by atoms with E-state index in [1.54, 1.807) is 21.9 Å². The Bertz CT molecular complexity index is 1020. The van der Waals surface area contributed by atoms with E-state index in [0.717, 1.165) is 11.1 Å². The molecule has 1 saturated carbocycles. The molecule has 0 bridgehead atoms. The molecule has 0 radical (unpaired) electrons. The highest BCUT2D eigenvalue weighted by Crippen LogP contribution is 2.43. The highest BCUT2D eigenvalue weighted by molar-refractivity contribution is 5.97. The van der Waals surface area contributed by atoms with Crippen molar-refractivity contribution in [1.82, 2.24) is 9.80 Å². The van der Waals surface area contributed by atoms with Gasteiger partial charge in [0.05, 0.1) is 18.7 Å². The third kappa shape index (κ3) is 3.38. The van der Waals surface area contributed by atoms with Crippen LogP contribution in [0.5, 0.6) is 0 Å². The number of aliphatic hydroxyl groups is 1. The topological polar surface area (TPSA) is 60.9 Å². The molecule has 0 aromatic heterocycles. The minimum absolute atomic E-state index is 0.00997. The number of carbonyl (C=O) groups is 2. The number of hydrogen-bond donors (Lipinski definition) is 1. The molecular weight excluding hydrogens is 376 g/mol. The number of nitrogens with zero attached hydrogens (tertiary/aromatic N) is 2. The zero-order valence-electron chi connectivity index (χ0n) is 16.7. The molecule has 2 saturated heterocycles. The Balaban J connectivity index is 1.36. The maximum absolute atomic E-state index is 12.9. The minimum atomic E-state index is -0.236. The number of carbonyl (C=O) groups excluding carboxylic acids is 2. The Morgan fingerprint density at radius 3 is 2.47 bits per heavy atom. The first-order valence-electron chi connectivity index (χ1n) is 10.5. The van der Waals surface area contributed by atoms with E-state index in [0.29, 0.717) is 18.0 Å². The largest absolute Gasteiger partial charge is 0.394 e. The Morgan fingerprint density at radius 1 is 1.07 bits per heavy atom. The molecule has 2 heterocycles. The van der Waals surface area contributed by atoms with Gasteiger partial charge in [-0.3, -0.25) is 9.59 Å². The Morgan fingerprint density at radius 2 is 1.80 bits per heavy atom. The summed E-state index contributed by atoms with van der Waals surface area (Å²) in [6.07, 6.45) is 2.41. The predicted octanol–water partition coefficient (Wildman–Crippen LogP) is 2.26. The van der Waals surface area contributed by atoms with Crippen molar-refractivity contribution in [2.75, 3.05) is 19.7 Å². The fourth-order valence-corrected chi connectivity index (χ4v) is 4.62. The second-order valence-corrected chi connectivity index (χ2v) is 8.36. The van der Waals surface area contributed by atoms with Crippen molar-refractivity contribution in [3.8, 4) is 11.8 Å². The first kappa shape index (κ1) is 18.9. The summed E-state index contributed by atoms with van der Waals surface area (Å²) in [5.41, 5.74) is 2.66. The van der Waals surface area contributed by atoms with Crippen molar-refractivity contribution in [3.05, 3.63) is 71.3 Å². The van der Waals surface area contributed by atoms with Crippen molar-refractivity contribution in [3.63, 3.8) is 0 Å². The lowest BCUT2D eigenvalue weighted by atomic mass is 9.73. The highest BCUT2D eigenvalue weighted by Gasteiger charge is 2.54. The van der Waals surface area contributed by atoms with Gasteiger partial charge in [0.15, 0.2) is 0 Å². The van der Waals surface area contributed by atoms with Gasteiger partial charge in [-0.2, -0.15) is 0 Å². The average Bonchev–Trinajstić information content (AvgIpc) is 3.59. The van der Waals surface area contributed by atoms with E-state index in [9.17, 15) is 14.7 Å². The molecule has 1 N–H and O–H groups in total. The number of amides is 2. The lowest BCUT2D eigenvalue weighted by molar-refractivity contribution is -0.159. The van der Waals surface area contributed by atoms with Crippen LogP contribution in [0.1, 0.15) is 40.2 Å². The standard InChI is InChI=1S/C25H24N2O3/c28-16-22-24(19-12-10-18(11-13-19)9-8-17-6-7-17)21-14-26(15-23(29)27(21)22)25(30)20-4-2-1-3-5-20/h1-5,10-13,17,21-22,24,28H,6-7,14-16H2/t21-,22-,24-/m0/s1. The smallest absolute Gasteiger partial charge is 0.254 e. The molecule has 3 fully saturated rings. The van der Waals surface area contributed by atoms with Crippen LogP contribution in [0.25, 0.3) is 0 Å². The van der Waals surface area contributed by atoms with Crippen LogP contribution in [0.15, 0.2) is 54.6 Å². The maximum Gasteiger partial charge on any atom is 0.254 e. The van der Waals surface area contributed by atoms with Gasteiger partial charge < -0.3 is 14.9 Å². The first-order valence-corrected chi connectivity index (χ1v) is 10.5. The molecule has 2 aromatic carbocycles. The zero-order chi connectivity index (χ0) is 20.7. The normalized spacial score (nSPS) is 25.1. The number of benzene rings is 2. The molecule has 1 aliphatic carbocycles. The number of rotatable bonds is 3. The lowest BCUT2D eigenvalue weighted by Crippen LogP contribution is -2.73. The molecule has 5 nitrogen and oxygen atoms in total. The summed E-state index contributed by atoms with van der Waals surface area (Å²) in [5, 5.41) is 9.94. The van der Waals surface area contributed by atoms with Crippen molar-refractivity contribution in [2.24, 2.45) is 5.92 Å². The van der Waals surface area contributed by atoms with E-state index in [-0.39, 0.29) is 43.0 Å². The molecule has 2 aliphatic heterocycles. The number of fused-ring (bicyclic) bond motifs is 1. The van der Waals surface area contributed by atoms with Gasteiger partial charge in [0.2, 0.25) is 5.91 Å². The van der Waals surface area contributed by atoms with Gasteiger partial charge in [0.1, 0.15) is 6.54 Å². The number of piperazine rings is 1. The third-order valence-corrected chi connectivity index (χ3v) is 6.35. The monoisotopic (exact) mass is 400 g/mol. The van der Waals surface area contributed by atoms with Gasteiger partial charge in [0, 0.05) is 29.5 Å². The van der Waals surface area contributed by atoms with Crippen LogP contribution in [0.3, 0.4) is 0 Å². The molecule has 2 amide bonds. The molecule has 152 valence electrons. The van der Waals surface area contributed by atoms with Crippen LogP contribution in [0, 0.1) is 17.8 Å². The maximum atomic E-state index is 12.9. The number of aliphatic hydroxyl groups excluding tert-OH is 1. The molecule has 0 unspecified atom stereocenters. The summed E-state index contributed by atoms with van der Waals surface area (Å²) in [4.78, 5) is 29.0. The zero-order valence-corrected chi connectivity index (χ0v) is 16.7. The van der Waals surface area contributed by atoms with Crippen LogP contribution >= 0.6 is 0 Å². The van der Waals surface area contributed by atoms with Crippen LogP contribution in [0.2, 0.25) is 0 Å². The van der Waals surface area contributed by atoms with E-state index in [2.05, 4.69) is 11.8 Å². The second-order valence-electron chi connectivity index (χ2n) is 8.36. The molecule has 5 heteroatoms. The molecule has 2 aromatic rings. The first-order chi connectivity index (χ1) is 14.7. The van der Waals surface area contributed by atoms with E-state index >= 15 is 0 Å². The molecule has 3 atom stereocenters. The quantitative estimate of drug-likeness (QED) is 0.804. The Labute approximate surface area is 176 Å². The summed E-state index contributed by atoms with van der Waals surface area (Å²) in [5.74, 6) is 6.83. The van der Waals surface area contributed by atoms with Gasteiger partial charge in [-0.1, -0.05) is 42.2 Å². The van der Waals surface area contributed by atoms with Gasteiger partial charge in [-0.05, 0) is 42.7 Å². The molecule has 30 heavy (non-hydrogen) atoms. The van der Waals surface area contributed by atoms with Crippen molar-refractivity contribution in [1.29, 1.82) is 0 Å². The fraction of sp³-hybridized carbons (Fsp3) is 0.360. The second kappa shape index (κ2) is 7.62. The van der Waals surface area contributed by atoms with Gasteiger partial charge in [0.25, 0.3) is 5.91 Å². The van der Waals surface area contributed by atoms with E-state index in [1.807, 2.05) is 42.5 Å². The average molecular weight is 400 g/mol. The fourth-order valence-electron chi connectivity index (χ4n) is 4.62. The molecule has 3 aliphatic rings. The van der Waals surface area contributed by atoms with E-state index in [1.165, 1.54) is 12.8 Å². The summed E-state index contributed by atoms with van der Waals surface area (Å²) in [7, 11) is 0. The predicted molar refractivity (Wildman–Crippen MR) is 113 cm³/mol. The highest BCUT2D eigenvalue weighted by atomic mass is 16.3. The van der Waals surface area contributed by atoms with E-state index in [4.69, 9.17) is 0 Å². The minimum Gasteiger partial charge on any atom is -0.394 e. The van der Waals surface area contributed by atoms with Crippen molar-refractivity contribution < 1.29 is 14.7 Å². The number of hydrogen-bond acceptors (Lipinski definition) is 3. The third-order valence-electron chi connectivity index (χ3n) is 6.35. The lowest BCUT2D eigenvalue weighted by Gasteiger charge is -2.58. The molecule has 0 spiro atoms.